The highest BCUT2D eigenvalue weighted by atomic mass is 79.9. The summed E-state index contributed by atoms with van der Waals surface area (Å²) in [6, 6.07) is 5.22. The number of alkyl halides is 1. The molecule has 0 radical (unpaired) electrons. The highest BCUT2D eigenvalue weighted by Gasteiger charge is 2.13. The molecule has 0 aromatic heterocycles. The second kappa shape index (κ2) is 5.00. The summed E-state index contributed by atoms with van der Waals surface area (Å²) in [6.07, 6.45) is 0. The fraction of sp³-hybridized carbons (Fsp3) is 0.300. The van der Waals surface area contributed by atoms with Crippen LogP contribution < -0.4 is 5.73 Å². The lowest BCUT2D eigenvalue weighted by atomic mass is 10.1. The van der Waals surface area contributed by atoms with Gasteiger partial charge >= 0.3 is 5.97 Å². The molecule has 1 rings (SSSR count). The van der Waals surface area contributed by atoms with Crippen LogP contribution in [0.2, 0.25) is 0 Å². The summed E-state index contributed by atoms with van der Waals surface area (Å²) in [5, 5.41) is 0.549. The zero-order chi connectivity index (χ0) is 10.6. The number of ether oxygens (including phenoxy) is 1. The first-order valence-corrected chi connectivity index (χ1v) is 5.43. The van der Waals surface area contributed by atoms with Gasteiger partial charge in [-0.25, -0.2) is 4.79 Å². The van der Waals surface area contributed by atoms with Crippen LogP contribution in [0.25, 0.3) is 0 Å². The number of halogens is 1. The number of hydrogen-bond donors (Lipinski definition) is 1. The SMILES string of the molecule is CCOC(=O)c1cccc(N)c1CBr. The van der Waals surface area contributed by atoms with Crippen molar-refractivity contribution in [1.29, 1.82) is 0 Å². The first kappa shape index (κ1) is 11.0. The van der Waals surface area contributed by atoms with Crippen molar-refractivity contribution in [3.8, 4) is 0 Å². The second-order valence-corrected chi connectivity index (χ2v) is 3.29. The van der Waals surface area contributed by atoms with Gasteiger partial charge in [-0.15, -0.1) is 0 Å². The van der Waals surface area contributed by atoms with E-state index < -0.39 is 0 Å². The van der Waals surface area contributed by atoms with Crippen LogP contribution in [0.4, 0.5) is 5.69 Å². The molecule has 14 heavy (non-hydrogen) atoms. The maximum atomic E-state index is 11.5. The molecule has 0 atom stereocenters. The van der Waals surface area contributed by atoms with Crippen molar-refractivity contribution < 1.29 is 9.53 Å². The molecular weight excluding hydrogens is 246 g/mol. The van der Waals surface area contributed by atoms with Crippen LogP contribution >= 0.6 is 15.9 Å². The van der Waals surface area contributed by atoms with Crippen molar-refractivity contribution in [3.05, 3.63) is 29.3 Å². The molecule has 4 heteroatoms. The van der Waals surface area contributed by atoms with Crippen molar-refractivity contribution in [3.63, 3.8) is 0 Å². The molecule has 0 saturated carbocycles. The molecule has 0 aliphatic heterocycles. The lowest BCUT2D eigenvalue weighted by molar-refractivity contribution is 0.0525. The quantitative estimate of drug-likeness (QED) is 0.514. The van der Waals surface area contributed by atoms with Crippen LogP contribution in [0.1, 0.15) is 22.8 Å². The summed E-state index contributed by atoms with van der Waals surface area (Å²) in [4.78, 5) is 11.5. The summed E-state index contributed by atoms with van der Waals surface area (Å²) >= 11 is 3.29. The van der Waals surface area contributed by atoms with Crippen molar-refractivity contribution in [2.45, 2.75) is 12.3 Å². The van der Waals surface area contributed by atoms with E-state index in [-0.39, 0.29) is 5.97 Å². The number of nitrogen functional groups attached to an aromatic ring is 1. The Morgan fingerprint density at radius 3 is 2.86 bits per heavy atom. The third-order valence-corrected chi connectivity index (χ3v) is 2.40. The molecule has 0 unspecified atom stereocenters. The molecule has 0 heterocycles. The average molecular weight is 258 g/mol. The van der Waals surface area contributed by atoms with E-state index in [1.54, 1.807) is 25.1 Å². The molecule has 76 valence electrons. The Balaban J connectivity index is 3.07. The van der Waals surface area contributed by atoms with Gasteiger partial charge in [0.25, 0.3) is 0 Å². The lowest BCUT2D eigenvalue weighted by Crippen LogP contribution is -2.09. The Labute approximate surface area is 91.4 Å². The maximum Gasteiger partial charge on any atom is 0.338 e. The largest absolute Gasteiger partial charge is 0.462 e. The summed E-state index contributed by atoms with van der Waals surface area (Å²) in [5.41, 5.74) is 7.65. The number of benzene rings is 1. The minimum absolute atomic E-state index is 0.325. The minimum Gasteiger partial charge on any atom is -0.462 e. The molecule has 0 amide bonds. The Morgan fingerprint density at radius 2 is 2.29 bits per heavy atom. The van der Waals surface area contributed by atoms with Gasteiger partial charge in [0.15, 0.2) is 0 Å². The van der Waals surface area contributed by atoms with E-state index in [4.69, 9.17) is 10.5 Å². The zero-order valence-corrected chi connectivity index (χ0v) is 9.50. The van der Waals surface area contributed by atoms with Crippen LogP contribution in [0, 0.1) is 0 Å². The molecule has 0 aliphatic carbocycles. The number of anilines is 1. The van der Waals surface area contributed by atoms with E-state index in [9.17, 15) is 4.79 Å². The lowest BCUT2D eigenvalue weighted by Gasteiger charge is -2.08. The van der Waals surface area contributed by atoms with Crippen molar-refractivity contribution in [2.75, 3.05) is 12.3 Å². The highest BCUT2D eigenvalue weighted by molar-refractivity contribution is 9.08. The number of esters is 1. The summed E-state index contributed by atoms with van der Waals surface area (Å²) in [7, 11) is 0. The molecule has 0 spiro atoms. The summed E-state index contributed by atoms with van der Waals surface area (Å²) in [5.74, 6) is -0.325. The molecular formula is C10H12BrNO2. The van der Waals surface area contributed by atoms with Crippen molar-refractivity contribution in [1.82, 2.24) is 0 Å². The molecule has 0 saturated heterocycles. The molecule has 1 aromatic carbocycles. The number of rotatable bonds is 3. The van der Waals surface area contributed by atoms with E-state index in [0.29, 0.717) is 23.2 Å². The van der Waals surface area contributed by atoms with E-state index in [1.807, 2.05) is 0 Å². The maximum absolute atomic E-state index is 11.5. The Morgan fingerprint density at radius 1 is 1.57 bits per heavy atom. The monoisotopic (exact) mass is 257 g/mol. The van der Waals surface area contributed by atoms with Gasteiger partial charge in [0.2, 0.25) is 0 Å². The molecule has 3 nitrogen and oxygen atoms in total. The fourth-order valence-electron chi connectivity index (χ4n) is 1.15. The molecule has 0 aliphatic rings. The molecule has 1 aromatic rings. The van der Waals surface area contributed by atoms with E-state index in [1.165, 1.54) is 0 Å². The standard InChI is InChI=1S/C10H12BrNO2/c1-2-14-10(13)7-4-3-5-9(12)8(7)6-11/h3-5H,2,6,12H2,1H3. The Hall–Kier alpha value is -1.03. The Kier molecular flexibility index (Phi) is 3.95. The smallest absolute Gasteiger partial charge is 0.338 e. The van der Waals surface area contributed by atoms with Crippen molar-refractivity contribution >= 4 is 27.6 Å². The predicted octanol–water partition coefficient (Wildman–Crippen LogP) is 2.34. The topological polar surface area (TPSA) is 52.3 Å². The average Bonchev–Trinajstić information content (AvgIpc) is 2.17. The van der Waals surface area contributed by atoms with Gasteiger partial charge in [-0.2, -0.15) is 0 Å². The normalized spacial score (nSPS) is 9.86. The highest BCUT2D eigenvalue weighted by Crippen LogP contribution is 2.20. The van der Waals surface area contributed by atoms with Crippen LogP contribution in [0.5, 0.6) is 0 Å². The van der Waals surface area contributed by atoms with Gasteiger partial charge in [0.05, 0.1) is 12.2 Å². The first-order chi connectivity index (χ1) is 6.70. The molecule has 0 fully saturated rings. The minimum atomic E-state index is -0.325. The van der Waals surface area contributed by atoms with Gasteiger partial charge < -0.3 is 10.5 Å². The van der Waals surface area contributed by atoms with Crippen LogP contribution in [-0.2, 0) is 10.1 Å². The van der Waals surface area contributed by atoms with E-state index in [2.05, 4.69) is 15.9 Å². The molecule has 2 N–H and O–H groups in total. The second-order valence-electron chi connectivity index (χ2n) is 2.73. The number of hydrogen-bond acceptors (Lipinski definition) is 3. The van der Waals surface area contributed by atoms with E-state index in [0.717, 1.165) is 5.56 Å². The van der Waals surface area contributed by atoms with Gasteiger partial charge in [0.1, 0.15) is 0 Å². The third kappa shape index (κ3) is 2.26. The number of nitrogens with two attached hydrogens (primary N) is 1. The van der Waals surface area contributed by atoms with Gasteiger partial charge in [-0.05, 0) is 19.1 Å². The third-order valence-electron chi connectivity index (χ3n) is 1.84. The number of carbonyl (C=O) groups is 1. The van der Waals surface area contributed by atoms with Crippen LogP contribution in [0.15, 0.2) is 18.2 Å². The van der Waals surface area contributed by atoms with E-state index >= 15 is 0 Å². The summed E-state index contributed by atoms with van der Waals surface area (Å²) < 4.78 is 4.91. The predicted molar refractivity (Wildman–Crippen MR) is 59.4 cm³/mol. The Bertz CT molecular complexity index is 339. The number of carbonyl (C=O) groups excluding carboxylic acids is 1. The summed E-state index contributed by atoms with van der Waals surface area (Å²) in [6.45, 7) is 2.15. The fourth-order valence-corrected chi connectivity index (χ4v) is 1.78. The van der Waals surface area contributed by atoms with Crippen LogP contribution in [-0.4, -0.2) is 12.6 Å². The first-order valence-electron chi connectivity index (χ1n) is 4.31. The van der Waals surface area contributed by atoms with Crippen molar-refractivity contribution in [2.24, 2.45) is 0 Å². The van der Waals surface area contributed by atoms with Crippen LogP contribution in [0.3, 0.4) is 0 Å². The van der Waals surface area contributed by atoms with Gasteiger partial charge in [-0.3, -0.25) is 0 Å². The van der Waals surface area contributed by atoms with Gasteiger partial charge in [0, 0.05) is 16.6 Å². The molecule has 0 bridgehead atoms. The van der Waals surface area contributed by atoms with Gasteiger partial charge in [-0.1, -0.05) is 22.0 Å². The zero-order valence-electron chi connectivity index (χ0n) is 7.92.